The van der Waals surface area contributed by atoms with Crippen LogP contribution in [0.4, 0.5) is 4.39 Å². The lowest BCUT2D eigenvalue weighted by molar-refractivity contribution is 0.0937. The molecule has 0 spiro atoms. The van der Waals surface area contributed by atoms with Gasteiger partial charge in [-0.05, 0) is 44.5 Å². The minimum atomic E-state index is -0.542. The Labute approximate surface area is 106 Å². The molecule has 0 saturated carbocycles. The second-order valence-corrected chi connectivity index (χ2v) is 4.15. The number of ether oxygens (including phenoxy) is 1. The fourth-order valence-corrected chi connectivity index (χ4v) is 1.61. The van der Waals surface area contributed by atoms with Gasteiger partial charge in [-0.2, -0.15) is 0 Å². The van der Waals surface area contributed by atoms with Crippen molar-refractivity contribution in [2.45, 2.75) is 25.8 Å². The molecule has 1 aromatic carbocycles. The van der Waals surface area contributed by atoms with Gasteiger partial charge in [0, 0.05) is 11.6 Å². The summed E-state index contributed by atoms with van der Waals surface area (Å²) in [5.74, 6) is -0.705. The molecular weight excluding hydrogens is 235 g/mol. The molecule has 1 amide bonds. The number of carbonyl (C=O) groups is 1. The van der Waals surface area contributed by atoms with Crippen molar-refractivity contribution in [1.29, 1.82) is 0 Å². The molecule has 1 rings (SSSR count). The molecule has 0 radical (unpaired) electrons. The maximum Gasteiger partial charge on any atom is 0.251 e. The first-order valence-electron chi connectivity index (χ1n) is 5.93. The van der Waals surface area contributed by atoms with E-state index in [1.54, 1.807) is 0 Å². The SMILES string of the molecule is COc1ccc(C(=O)NC(C)CCCN)cc1F. The topological polar surface area (TPSA) is 64.3 Å². The van der Waals surface area contributed by atoms with Gasteiger partial charge in [0.15, 0.2) is 11.6 Å². The van der Waals surface area contributed by atoms with Crippen LogP contribution in [0.5, 0.6) is 5.75 Å². The molecule has 0 aliphatic rings. The summed E-state index contributed by atoms with van der Waals surface area (Å²) < 4.78 is 18.2. The zero-order chi connectivity index (χ0) is 13.5. The molecular formula is C13H19FN2O2. The molecule has 4 nitrogen and oxygen atoms in total. The largest absolute Gasteiger partial charge is 0.494 e. The van der Waals surface area contributed by atoms with Crippen LogP contribution in [0.15, 0.2) is 18.2 Å². The Bertz CT molecular complexity index is 410. The second kappa shape index (κ2) is 6.96. The van der Waals surface area contributed by atoms with Crippen molar-refractivity contribution in [3.63, 3.8) is 0 Å². The third-order valence-corrected chi connectivity index (χ3v) is 2.63. The number of amides is 1. The smallest absolute Gasteiger partial charge is 0.251 e. The summed E-state index contributed by atoms with van der Waals surface area (Å²) in [7, 11) is 1.38. The van der Waals surface area contributed by atoms with Crippen LogP contribution in [-0.2, 0) is 0 Å². The molecule has 0 fully saturated rings. The van der Waals surface area contributed by atoms with Crippen LogP contribution < -0.4 is 15.8 Å². The zero-order valence-corrected chi connectivity index (χ0v) is 10.7. The Kier molecular flexibility index (Phi) is 5.58. The maximum atomic E-state index is 13.4. The quantitative estimate of drug-likeness (QED) is 0.812. The van der Waals surface area contributed by atoms with Gasteiger partial charge >= 0.3 is 0 Å². The van der Waals surface area contributed by atoms with Crippen molar-refractivity contribution in [2.24, 2.45) is 5.73 Å². The summed E-state index contributed by atoms with van der Waals surface area (Å²) in [6, 6.07) is 4.16. The molecule has 0 heterocycles. The van der Waals surface area contributed by atoms with Crippen LogP contribution in [0.2, 0.25) is 0 Å². The molecule has 3 N–H and O–H groups in total. The number of hydrogen-bond donors (Lipinski definition) is 2. The highest BCUT2D eigenvalue weighted by molar-refractivity contribution is 5.94. The number of nitrogens with one attached hydrogen (secondary N) is 1. The van der Waals surface area contributed by atoms with Gasteiger partial charge in [0.05, 0.1) is 7.11 Å². The van der Waals surface area contributed by atoms with E-state index >= 15 is 0 Å². The van der Waals surface area contributed by atoms with Crippen molar-refractivity contribution in [1.82, 2.24) is 5.32 Å². The van der Waals surface area contributed by atoms with Crippen LogP contribution in [-0.4, -0.2) is 25.6 Å². The van der Waals surface area contributed by atoms with Gasteiger partial charge in [0.25, 0.3) is 5.91 Å². The highest BCUT2D eigenvalue weighted by Gasteiger charge is 2.12. The predicted molar refractivity (Wildman–Crippen MR) is 68.2 cm³/mol. The van der Waals surface area contributed by atoms with Crippen LogP contribution >= 0.6 is 0 Å². The number of nitrogens with two attached hydrogens (primary N) is 1. The molecule has 0 aromatic heterocycles. The molecule has 18 heavy (non-hydrogen) atoms. The normalized spacial score (nSPS) is 12.0. The summed E-state index contributed by atoms with van der Waals surface area (Å²) in [5.41, 5.74) is 5.68. The number of carbonyl (C=O) groups excluding carboxylic acids is 1. The lowest BCUT2D eigenvalue weighted by atomic mass is 10.1. The molecule has 0 aliphatic heterocycles. The standard InChI is InChI=1S/C13H19FN2O2/c1-9(4-3-7-15)16-13(17)10-5-6-12(18-2)11(14)8-10/h5-6,8-9H,3-4,7,15H2,1-2H3,(H,16,17). The molecule has 1 unspecified atom stereocenters. The van der Waals surface area contributed by atoms with E-state index in [-0.39, 0.29) is 23.3 Å². The number of methoxy groups -OCH3 is 1. The number of halogens is 1. The minimum Gasteiger partial charge on any atom is -0.494 e. The van der Waals surface area contributed by atoms with Gasteiger partial charge in [-0.3, -0.25) is 4.79 Å². The van der Waals surface area contributed by atoms with E-state index in [4.69, 9.17) is 10.5 Å². The Balaban J connectivity index is 2.64. The van der Waals surface area contributed by atoms with Crippen molar-refractivity contribution in [2.75, 3.05) is 13.7 Å². The van der Waals surface area contributed by atoms with Gasteiger partial charge < -0.3 is 15.8 Å². The highest BCUT2D eigenvalue weighted by atomic mass is 19.1. The van der Waals surface area contributed by atoms with Crippen molar-refractivity contribution < 1.29 is 13.9 Å². The lowest BCUT2D eigenvalue weighted by Gasteiger charge is -2.13. The predicted octanol–water partition coefficient (Wildman–Crippen LogP) is 1.69. The summed E-state index contributed by atoms with van der Waals surface area (Å²) in [4.78, 5) is 11.8. The zero-order valence-electron chi connectivity index (χ0n) is 10.7. The minimum absolute atomic E-state index is 0.0196. The van der Waals surface area contributed by atoms with Gasteiger partial charge in [0.1, 0.15) is 0 Å². The Morgan fingerprint density at radius 3 is 2.83 bits per heavy atom. The first-order valence-corrected chi connectivity index (χ1v) is 5.93. The Morgan fingerprint density at radius 1 is 1.56 bits per heavy atom. The molecule has 0 saturated heterocycles. The van der Waals surface area contributed by atoms with E-state index < -0.39 is 5.82 Å². The highest BCUT2D eigenvalue weighted by Crippen LogP contribution is 2.17. The fraction of sp³-hybridized carbons (Fsp3) is 0.462. The van der Waals surface area contributed by atoms with E-state index in [1.807, 2.05) is 6.92 Å². The number of hydrogen-bond acceptors (Lipinski definition) is 3. The summed E-state index contributed by atoms with van der Waals surface area (Å²) in [6.45, 7) is 2.49. The van der Waals surface area contributed by atoms with E-state index in [0.29, 0.717) is 6.54 Å². The molecule has 1 atom stereocenters. The third kappa shape index (κ3) is 4.00. The van der Waals surface area contributed by atoms with Crippen LogP contribution in [0, 0.1) is 5.82 Å². The molecule has 100 valence electrons. The Hall–Kier alpha value is -1.62. The number of rotatable bonds is 6. The van der Waals surface area contributed by atoms with Crippen LogP contribution in [0.1, 0.15) is 30.1 Å². The van der Waals surface area contributed by atoms with Gasteiger partial charge in [0.2, 0.25) is 0 Å². The van der Waals surface area contributed by atoms with E-state index in [2.05, 4.69) is 5.32 Å². The van der Waals surface area contributed by atoms with Crippen molar-refractivity contribution >= 4 is 5.91 Å². The number of benzene rings is 1. The average Bonchev–Trinajstić information content (AvgIpc) is 2.36. The lowest BCUT2D eigenvalue weighted by Crippen LogP contribution is -2.32. The maximum absolute atomic E-state index is 13.4. The van der Waals surface area contributed by atoms with Crippen LogP contribution in [0.25, 0.3) is 0 Å². The van der Waals surface area contributed by atoms with Gasteiger partial charge in [-0.15, -0.1) is 0 Å². The van der Waals surface area contributed by atoms with E-state index in [0.717, 1.165) is 12.8 Å². The monoisotopic (exact) mass is 254 g/mol. The first kappa shape index (κ1) is 14.4. The third-order valence-electron chi connectivity index (χ3n) is 2.63. The fourth-order valence-electron chi connectivity index (χ4n) is 1.61. The summed E-state index contributed by atoms with van der Waals surface area (Å²) >= 11 is 0. The van der Waals surface area contributed by atoms with E-state index in [1.165, 1.54) is 25.3 Å². The molecule has 0 aliphatic carbocycles. The summed E-state index contributed by atoms with van der Waals surface area (Å²) in [5, 5.41) is 2.79. The molecule has 1 aromatic rings. The van der Waals surface area contributed by atoms with Crippen molar-refractivity contribution in [3.8, 4) is 5.75 Å². The van der Waals surface area contributed by atoms with Crippen LogP contribution in [0.3, 0.4) is 0 Å². The summed E-state index contributed by atoms with van der Waals surface area (Å²) in [6.07, 6.45) is 1.65. The Morgan fingerprint density at radius 2 is 2.28 bits per heavy atom. The average molecular weight is 254 g/mol. The second-order valence-electron chi connectivity index (χ2n) is 4.15. The van der Waals surface area contributed by atoms with Gasteiger partial charge in [-0.1, -0.05) is 0 Å². The van der Waals surface area contributed by atoms with Gasteiger partial charge in [-0.25, -0.2) is 4.39 Å². The van der Waals surface area contributed by atoms with Crippen molar-refractivity contribution in [3.05, 3.63) is 29.6 Å². The van der Waals surface area contributed by atoms with E-state index in [9.17, 15) is 9.18 Å². The molecule has 5 heteroatoms. The first-order chi connectivity index (χ1) is 8.58. The molecule has 0 bridgehead atoms.